The van der Waals surface area contributed by atoms with E-state index in [1.165, 1.54) is 0 Å². The summed E-state index contributed by atoms with van der Waals surface area (Å²) in [4.78, 5) is 0. The van der Waals surface area contributed by atoms with Crippen molar-refractivity contribution in [3.8, 4) is 0 Å². The van der Waals surface area contributed by atoms with Gasteiger partial charge < -0.3 is 11.5 Å². The zero-order chi connectivity index (χ0) is 6.41. The predicted molar refractivity (Wildman–Crippen MR) is 34.4 cm³/mol. The maximum Gasteiger partial charge on any atom is 0.0306 e. The van der Waals surface area contributed by atoms with Crippen molar-refractivity contribution in [3.05, 3.63) is 0 Å². The Balaban J connectivity index is 2.63. The number of hydrogen-bond donors (Lipinski definition) is 2. The van der Waals surface area contributed by atoms with E-state index < -0.39 is 0 Å². The molecular weight excluding hydrogens is 100 g/mol. The zero-order valence-corrected chi connectivity index (χ0v) is 5.57. The van der Waals surface area contributed by atoms with Gasteiger partial charge in [0, 0.05) is 11.1 Å². The standard InChI is InChI=1S/C6H14N2/c1-5(7)3-4-6(5,2)8/h3-4,7-8H2,1-2H3. The molecule has 0 radical (unpaired) electrons. The second kappa shape index (κ2) is 1.25. The first kappa shape index (κ1) is 6.05. The average Bonchev–Trinajstić information content (AvgIpc) is 1.64. The lowest BCUT2D eigenvalue weighted by Gasteiger charge is -2.51. The molecule has 1 saturated carbocycles. The van der Waals surface area contributed by atoms with Crippen LogP contribution < -0.4 is 11.5 Å². The highest BCUT2D eigenvalue weighted by Gasteiger charge is 2.46. The van der Waals surface area contributed by atoms with Gasteiger partial charge in [-0.1, -0.05) is 0 Å². The van der Waals surface area contributed by atoms with Gasteiger partial charge >= 0.3 is 0 Å². The molecule has 1 fully saturated rings. The van der Waals surface area contributed by atoms with Gasteiger partial charge in [0.25, 0.3) is 0 Å². The molecule has 0 aliphatic heterocycles. The van der Waals surface area contributed by atoms with E-state index in [1.807, 2.05) is 13.8 Å². The highest BCUT2D eigenvalue weighted by atomic mass is 14.9. The second-order valence-corrected chi connectivity index (χ2v) is 3.33. The summed E-state index contributed by atoms with van der Waals surface area (Å²) in [6.07, 6.45) is 2.14. The Hall–Kier alpha value is -0.0800. The summed E-state index contributed by atoms with van der Waals surface area (Å²) in [5.74, 6) is 0. The van der Waals surface area contributed by atoms with E-state index >= 15 is 0 Å². The molecule has 2 heteroatoms. The first-order valence-corrected chi connectivity index (χ1v) is 3.03. The quantitative estimate of drug-likeness (QED) is 0.473. The molecule has 1 rings (SSSR count). The van der Waals surface area contributed by atoms with E-state index in [-0.39, 0.29) is 11.1 Å². The fraction of sp³-hybridized carbons (Fsp3) is 1.00. The Kier molecular flexibility index (Phi) is 0.946. The number of hydrogen-bond acceptors (Lipinski definition) is 2. The normalized spacial score (nSPS) is 55.5. The topological polar surface area (TPSA) is 52.0 Å². The molecule has 0 heterocycles. The van der Waals surface area contributed by atoms with Gasteiger partial charge in [0.05, 0.1) is 0 Å². The van der Waals surface area contributed by atoms with Crippen molar-refractivity contribution >= 4 is 0 Å². The molecule has 0 amide bonds. The molecule has 0 bridgehead atoms. The van der Waals surface area contributed by atoms with Gasteiger partial charge in [-0.15, -0.1) is 0 Å². The number of rotatable bonds is 0. The van der Waals surface area contributed by atoms with Gasteiger partial charge in [0.2, 0.25) is 0 Å². The molecule has 1 aliphatic carbocycles. The highest BCUT2D eigenvalue weighted by Crippen LogP contribution is 2.37. The lowest BCUT2D eigenvalue weighted by Crippen LogP contribution is -2.70. The average molecular weight is 114 g/mol. The van der Waals surface area contributed by atoms with Crippen molar-refractivity contribution in [1.82, 2.24) is 0 Å². The van der Waals surface area contributed by atoms with Crippen molar-refractivity contribution in [2.24, 2.45) is 11.5 Å². The smallest absolute Gasteiger partial charge is 0.0306 e. The summed E-state index contributed by atoms with van der Waals surface area (Å²) < 4.78 is 0. The minimum Gasteiger partial charge on any atom is -0.324 e. The van der Waals surface area contributed by atoms with Crippen LogP contribution in [-0.2, 0) is 0 Å². The first-order valence-electron chi connectivity index (χ1n) is 3.03. The summed E-state index contributed by atoms with van der Waals surface area (Å²) in [6, 6.07) is 0. The summed E-state index contributed by atoms with van der Waals surface area (Å²) in [5.41, 5.74) is 11.3. The van der Waals surface area contributed by atoms with Crippen molar-refractivity contribution in [2.45, 2.75) is 37.8 Å². The van der Waals surface area contributed by atoms with Crippen LogP contribution in [0.1, 0.15) is 26.7 Å². The van der Waals surface area contributed by atoms with Gasteiger partial charge in [0.15, 0.2) is 0 Å². The van der Waals surface area contributed by atoms with E-state index in [2.05, 4.69) is 0 Å². The maximum atomic E-state index is 5.77. The second-order valence-electron chi connectivity index (χ2n) is 3.33. The predicted octanol–water partition coefficient (Wildman–Crippen LogP) is 0.215. The molecule has 4 N–H and O–H groups in total. The fourth-order valence-corrected chi connectivity index (χ4v) is 0.914. The van der Waals surface area contributed by atoms with Crippen molar-refractivity contribution in [3.63, 3.8) is 0 Å². The van der Waals surface area contributed by atoms with Crippen molar-refractivity contribution in [2.75, 3.05) is 0 Å². The van der Waals surface area contributed by atoms with Gasteiger partial charge in [-0.25, -0.2) is 0 Å². The molecule has 1 aliphatic rings. The monoisotopic (exact) mass is 114 g/mol. The molecule has 0 saturated heterocycles. The molecule has 0 aromatic carbocycles. The van der Waals surface area contributed by atoms with Gasteiger partial charge in [0.1, 0.15) is 0 Å². The van der Waals surface area contributed by atoms with Crippen LogP contribution >= 0.6 is 0 Å². The van der Waals surface area contributed by atoms with E-state index in [1.54, 1.807) is 0 Å². The summed E-state index contributed by atoms with van der Waals surface area (Å²) >= 11 is 0. The third-order valence-corrected chi connectivity index (χ3v) is 2.47. The Morgan fingerprint density at radius 3 is 1.25 bits per heavy atom. The molecule has 0 spiro atoms. The lowest BCUT2D eigenvalue weighted by molar-refractivity contribution is 0.122. The first-order chi connectivity index (χ1) is 3.46. The van der Waals surface area contributed by atoms with Crippen LogP contribution in [0.25, 0.3) is 0 Å². The molecule has 0 aromatic heterocycles. The molecule has 48 valence electrons. The summed E-state index contributed by atoms with van der Waals surface area (Å²) in [6.45, 7) is 4.02. The highest BCUT2D eigenvalue weighted by molar-refractivity contribution is 5.10. The van der Waals surface area contributed by atoms with Crippen LogP contribution in [0.15, 0.2) is 0 Å². The molecule has 2 atom stereocenters. The summed E-state index contributed by atoms with van der Waals surface area (Å²) in [7, 11) is 0. The van der Waals surface area contributed by atoms with Crippen molar-refractivity contribution in [1.29, 1.82) is 0 Å². The minimum absolute atomic E-state index is 0.104. The Bertz CT molecular complexity index is 91.1. The largest absolute Gasteiger partial charge is 0.324 e. The zero-order valence-electron chi connectivity index (χ0n) is 5.57. The fourth-order valence-electron chi connectivity index (χ4n) is 0.914. The minimum atomic E-state index is -0.104. The van der Waals surface area contributed by atoms with E-state index in [9.17, 15) is 0 Å². The molecule has 0 aromatic rings. The van der Waals surface area contributed by atoms with Crippen molar-refractivity contribution < 1.29 is 0 Å². The Morgan fingerprint density at radius 2 is 1.25 bits per heavy atom. The van der Waals surface area contributed by atoms with Gasteiger partial charge in [-0.2, -0.15) is 0 Å². The third-order valence-electron chi connectivity index (χ3n) is 2.47. The molecule has 2 unspecified atom stereocenters. The van der Waals surface area contributed by atoms with Crippen LogP contribution in [0.5, 0.6) is 0 Å². The maximum absolute atomic E-state index is 5.77. The lowest BCUT2D eigenvalue weighted by atomic mass is 9.64. The number of nitrogens with two attached hydrogens (primary N) is 2. The molecule has 8 heavy (non-hydrogen) atoms. The molecular formula is C6H14N2. The van der Waals surface area contributed by atoms with Crippen LogP contribution in [0.4, 0.5) is 0 Å². The Labute approximate surface area is 50.2 Å². The van der Waals surface area contributed by atoms with E-state index in [4.69, 9.17) is 11.5 Å². The molecule has 2 nitrogen and oxygen atoms in total. The van der Waals surface area contributed by atoms with Crippen LogP contribution in [0, 0.1) is 0 Å². The van der Waals surface area contributed by atoms with Gasteiger partial charge in [-0.05, 0) is 26.7 Å². The van der Waals surface area contributed by atoms with Gasteiger partial charge in [-0.3, -0.25) is 0 Å². The summed E-state index contributed by atoms with van der Waals surface area (Å²) in [5, 5.41) is 0. The third kappa shape index (κ3) is 0.565. The van der Waals surface area contributed by atoms with Crippen LogP contribution in [0.3, 0.4) is 0 Å². The van der Waals surface area contributed by atoms with Crippen LogP contribution in [-0.4, -0.2) is 11.1 Å². The SMILES string of the molecule is CC1(N)CCC1(C)N. The van der Waals surface area contributed by atoms with Crippen LogP contribution in [0.2, 0.25) is 0 Å². The van der Waals surface area contributed by atoms with E-state index in [0.717, 1.165) is 12.8 Å². The Morgan fingerprint density at radius 1 is 1.00 bits per heavy atom. The van der Waals surface area contributed by atoms with E-state index in [0.29, 0.717) is 0 Å².